The summed E-state index contributed by atoms with van der Waals surface area (Å²) < 4.78 is 1.72. The highest BCUT2D eigenvalue weighted by Gasteiger charge is 2.21. The van der Waals surface area contributed by atoms with Gasteiger partial charge in [0.25, 0.3) is 0 Å². The predicted octanol–water partition coefficient (Wildman–Crippen LogP) is 3.21. The lowest BCUT2D eigenvalue weighted by Gasteiger charge is -2.09. The number of nitrogens with zero attached hydrogens (tertiary/aromatic N) is 3. The number of aromatic nitrogens is 4. The van der Waals surface area contributed by atoms with Crippen molar-refractivity contribution in [2.45, 2.75) is 19.4 Å². The molecule has 0 saturated heterocycles. The van der Waals surface area contributed by atoms with Gasteiger partial charge in [-0.05, 0) is 18.4 Å². The molecule has 6 heteroatoms. The standard InChI is InChI=1S/C22H21N5O/c23-20(28)14-27-22(17-9-5-2-6-10-17)21(16-7-3-1-4-8-16)19(26-27)12-11-18-13-24-15-25-18/h1-10,13,15H,11-12,14H2,(H2,23,28)(H,24,25). The van der Waals surface area contributed by atoms with Gasteiger partial charge in [-0.15, -0.1) is 0 Å². The average Bonchev–Trinajstić information content (AvgIpc) is 3.35. The van der Waals surface area contributed by atoms with Gasteiger partial charge in [0, 0.05) is 17.3 Å². The van der Waals surface area contributed by atoms with Crippen LogP contribution in [0.2, 0.25) is 0 Å². The van der Waals surface area contributed by atoms with E-state index >= 15 is 0 Å². The molecule has 4 rings (SSSR count). The van der Waals surface area contributed by atoms with Crippen LogP contribution in [0.5, 0.6) is 0 Å². The van der Waals surface area contributed by atoms with Crippen LogP contribution in [0, 0.1) is 0 Å². The average molecular weight is 371 g/mol. The molecule has 4 aromatic rings. The second kappa shape index (κ2) is 7.92. The van der Waals surface area contributed by atoms with E-state index in [9.17, 15) is 4.79 Å². The van der Waals surface area contributed by atoms with E-state index in [4.69, 9.17) is 10.8 Å². The summed E-state index contributed by atoms with van der Waals surface area (Å²) in [6, 6.07) is 20.1. The molecule has 2 aromatic heterocycles. The maximum absolute atomic E-state index is 11.7. The number of nitrogens with two attached hydrogens (primary N) is 1. The summed E-state index contributed by atoms with van der Waals surface area (Å²) in [5.41, 5.74) is 11.4. The molecule has 2 heterocycles. The second-order valence-corrected chi connectivity index (χ2v) is 6.59. The van der Waals surface area contributed by atoms with E-state index in [2.05, 4.69) is 22.1 Å². The molecule has 0 saturated carbocycles. The Balaban J connectivity index is 1.87. The number of H-pyrrole nitrogens is 1. The lowest BCUT2D eigenvalue weighted by atomic mass is 9.97. The Bertz CT molecular complexity index is 1050. The van der Waals surface area contributed by atoms with Crippen LogP contribution in [-0.2, 0) is 24.2 Å². The normalized spacial score (nSPS) is 10.9. The number of nitrogens with one attached hydrogen (secondary N) is 1. The molecule has 0 aliphatic rings. The second-order valence-electron chi connectivity index (χ2n) is 6.59. The molecule has 2 aromatic carbocycles. The molecule has 28 heavy (non-hydrogen) atoms. The van der Waals surface area contributed by atoms with E-state index in [1.54, 1.807) is 11.0 Å². The maximum atomic E-state index is 11.7. The molecule has 0 bridgehead atoms. The number of amides is 1. The highest BCUT2D eigenvalue weighted by Crippen LogP contribution is 2.35. The first-order chi connectivity index (χ1) is 13.7. The summed E-state index contributed by atoms with van der Waals surface area (Å²) in [4.78, 5) is 19.0. The Kier molecular flexibility index (Phi) is 5.01. The molecule has 0 fully saturated rings. The van der Waals surface area contributed by atoms with E-state index < -0.39 is 5.91 Å². The van der Waals surface area contributed by atoms with Gasteiger partial charge in [0.2, 0.25) is 5.91 Å². The number of aromatic amines is 1. The third-order valence-corrected chi connectivity index (χ3v) is 4.61. The van der Waals surface area contributed by atoms with Gasteiger partial charge in [-0.25, -0.2) is 4.98 Å². The van der Waals surface area contributed by atoms with Gasteiger partial charge in [0.05, 0.1) is 23.4 Å². The van der Waals surface area contributed by atoms with Gasteiger partial charge < -0.3 is 10.7 Å². The molecular formula is C22H21N5O. The first kappa shape index (κ1) is 17.7. The molecule has 6 nitrogen and oxygen atoms in total. The van der Waals surface area contributed by atoms with E-state index in [1.165, 1.54) is 0 Å². The zero-order valence-corrected chi connectivity index (χ0v) is 15.4. The molecule has 0 unspecified atom stereocenters. The topological polar surface area (TPSA) is 89.6 Å². The Labute approximate surface area is 163 Å². The fourth-order valence-electron chi connectivity index (χ4n) is 3.42. The summed E-state index contributed by atoms with van der Waals surface area (Å²) >= 11 is 0. The summed E-state index contributed by atoms with van der Waals surface area (Å²) in [5, 5.41) is 4.78. The number of benzene rings is 2. The number of hydrogen-bond acceptors (Lipinski definition) is 3. The van der Waals surface area contributed by atoms with Crippen LogP contribution in [-0.4, -0.2) is 25.7 Å². The van der Waals surface area contributed by atoms with Gasteiger partial charge in [-0.1, -0.05) is 60.7 Å². The smallest absolute Gasteiger partial charge is 0.239 e. The van der Waals surface area contributed by atoms with Crippen LogP contribution in [0.3, 0.4) is 0 Å². The predicted molar refractivity (Wildman–Crippen MR) is 108 cm³/mol. The van der Waals surface area contributed by atoms with Crippen molar-refractivity contribution in [3.8, 4) is 22.4 Å². The first-order valence-corrected chi connectivity index (χ1v) is 9.19. The molecule has 140 valence electrons. The van der Waals surface area contributed by atoms with Crippen molar-refractivity contribution in [1.29, 1.82) is 0 Å². The van der Waals surface area contributed by atoms with Gasteiger partial charge in [0.1, 0.15) is 6.54 Å². The van der Waals surface area contributed by atoms with Crippen LogP contribution in [0.25, 0.3) is 22.4 Å². The van der Waals surface area contributed by atoms with Crippen molar-refractivity contribution in [3.63, 3.8) is 0 Å². The minimum atomic E-state index is -0.418. The Morgan fingerprint density at radius 1 is 0.964 bits per heavy atom. The summed E-state index contributed by atoms with van der Waals surface area (Å²) in [7, 11) is 0. The quantitative estimate of drug-likeness (QED) is 0.523. The molecule has 1 amide bonds. The van der Waals surface area contributed by atoms with Crippen molar-refractivity contribution < 1.29 is 4.79 Å². The Morgan fingerprint density at radius 3 is 2.25 bits per heavy atom. The largest absolute Gasteiger partial charge is 0.368 e. The zero-order chi connectivity index (χ0) is 19.3. The van der Waals surface area contributed by atoms with Crippen molar-refractivity contribution in [2.75, 3.05) is 0 Å². The molecule has 0 spiro atoms. The molecule has 0 radical (unpaired) electrons. The van der Waals surface area contributed by atoms with Crippen LogP contribution in [0.1, 0.15) is 11.4 Å². The highest BCUT2D eigenvalue weighted by molar-refractivity contribution is 5.84. The Morgan fingerprint density at radius 2 is 1.64 bits per heavy atom. The van der Waals surface area contributed by atoms with E-state index in [1.807, 2.05) is 54.7 Å². The van der Waals surface area contributed by atoms with E-state index in [-0.39, 0.29) is 6.54 Å². The van der Waals surface area contributed by atoms with Crippen LogP contribution in [0.15, 0.2) is 73.2 Å². The van der Waals surface area contributed by atoms with E-state index in [0.717, 1.165) is 40.2 Å². The van der Waals surface area contributed by atoms with E-state index in [0.29, 0.717) is 6.42 Å². The number of carbonyl (C=O) groups is 1. The number of rotatable bonds is 7. The van der Waals surface area contributed by atoms with Crippen molar-refractivity contribution in [3.05, 3.63) is 84.6 Å². The summed E-state index contributed by atoms with van der Waals surface area (Å²) in [5.74, 6) is -0.418. The third kappa shape index (κ3) is 3.71. The van der Waals surface area contributed by atoms with Gasteiger partial charge in [-0.3, -0.25) is 9.48 Å². The number of hydrogen-bond donors (Lipinski definition) is 2. The SMILES string of the molecule is NC(=O)Cn1nc(CCc2c[nH]cn2)c(-c2ccccc2)c1-c1ccccc1. The zero-order valence-electron chi connectivity index (χ0n) is 15.4. The van der Waals surface area contributed by atoms with Crippen LogP contribution < -0.4 is 5.73 Å². The highest BCUT2D eigenvalue weighted by atomic mass is 16.1. The van der Waals surface area contributed by atoms with Gasteiger partial charge >= 0.3 is 0 Å². The molecule has 0 aliphatic heterocycles. The van der Waals surface area contributed by atoms with Crippen LogP contribution in [0.4, 0.5) is 0 Å². The molecular weight excluding hydrogens is 350 g/mol. The van der Waals surface area contributed by atoms with Crippen molar-refractivity contribution >= 4 is 5.91 Å². The summed E-state index contributed by atoms with van der Waals surface area (Å²) in [6.07, 6.45) is 5.03. The number of imidazole rings is 1. The van der Waals surface area contributed by atoms with Crippen molar-refractivity contribution in [2.24, 2.45) is 5.73 Å². The fourth-order valence-corrected chi connectivity index (χ4v) is 3.42. The first-order valence-electron chi connectivity index (χ1n) is 9.19. The Hall–Kier alpha value is -3.67. The summed E-state index contributed by atoms with van der Waals surface area (Å²) in [6.45, 7) is 0.0342. The maximum Gasteiger partial charge on any atom is 0.239 e. The van der Waals surface area contributed by atoms with Gasteiger partial charge in [0.15, 0.2) is 0 Å². The lowest BCUT2D eigenvalue weighted by Crippen LogP contribution is -2.20. The van der Waals surface area contributed by atoms with Crippen LogP contribution >= 0.6 is 0 Å². The van der Waals surface area contributed by atoms with Gasteiger partial charge in [-0.2, -0.15) is 5.10 Å². The fraction of sp³-hybridized carbons (Fsp3) is 0.136. The number of primary amides is 1. The monoisotopic (exact) mass is 371 g/mol. The molecule has 0 aliphatic carbocycles. The number of aryl methyl sites for hydroxylation is 2. The molecule has 0 atom stereocenters. The molecule has 3 N–H and O–H groups in total. The minimum absolute atomic E-state index is 0.0342. The van der Waals surface area contributed by atoms with Crippen molar-refractivity contribution in [1.82, 2.24) is 19.7 Å². The number of carbonyl (C=O) groups excluding carboxylic acids is 1. The minimum Gasteiger partial charge on any atom is -0.368 e. The lowest BCUT2D eigenvalue weighted by molar-refractivity contribution is -0.118. The third-order valence-electron chi connectivity index (χ3n) is 4.61.